The number of methoxy groups -OCH3 is 18. The first-order chi connectivity index (χ1) is 35.6. The van der Waals surface area contributed by atoms with Crippen molar-refractivity contribution in [1.82, 2.24) is 0 Å². The third-order valence-electron chi connectivity index (χ3n) is 10.8. The monoisotopic (exact) mass is 1180 g/mol. The third kappa shape index (κ3) is 27.5. The highest BCUT2D eigenvalue weighted by molar-refractivity contribution is 4.69. The van der Waals surface area contributed by atoms with E-state index >= 15 is 0 Å². The maximum absolute atomic E-state index is 10.8. The molecule has 0 aromatic heterocycles. The Labute approximate surface area is 466 Å². The number of aliphatic hydroxyl groups is 2. The first-order valence-electron chi connectivity index (χ1n) is 23.1. The lowest BCUT2D eigenvalue weighted by Gasteiger charge is -2.49. The molecule has 482 valence electrons. The predicted molar refractivity (Wildman–Crippen MR) is 265 cm³/mol. The molecule has 79 heavy (non-hydrogen) atoms. The number of aliphatic hydroxyl groups excluding tert-OH is 1. The minimum Gasteiger partial charge on any atom is -0.412 e. The molecule has 33 heteroatoms. The highest BCUT2D eigenvalue weighted by Gasteiger charge is 2.62. The zero-order valence-electron chi connectivity index (χ0n) is 52.6. The Morgan fingerprint density at radius 3 is 0.494 bits per heavy atom. The third-order valence-corrected chi connectivity index (χ3v) is 10.8. The minimum absolute atomic E-state index is 0. The van der Waals surface area contributed by atoms with E-state index in [2.05, 4.69) is 0 Å². The van der Waals surface area contributed by atoms with Crippen molar-refractivity contribution in [3.63, 3.8) is 0 Å². The van der Waals surface area contributed by atoms with Crippen LogP contribution in [0, 0.1) is 0 Å². The van der Waals surface area contributed by atoms with E-state index in [1.54, 1.807) is 13.8 Å². The Balaban J connectivity index is -0.000000682. The van der Waals surface area contributed by atoms with E-state index in [4.69, 9.17) is 147 Å². The van der Waals surface area contributed by atoms with Crippen LogP contribution in [0.4, 0.5) is 0 Å². The minimum atomic E-state index is -2.97. The second-order valence-electron chi connectivity index (χ2n) is 16.8. The molecule has 0 aliphatic heterocycles. The highest BCUT2D eigenvalue weighted by atomic mass is 17.2. The maximum Gasteiger partial charge on any atom is 0.429 e. The fourth-order valence-electron chi connectivity index (χ4n) is 5.03. The highest BCUT2D eigenvalue weighted by Crippen LogP contribution is 2.44. The van der Waals surface area contributed by atoms with Crippen molar-refractivity contribution in [1.29, 1.82) is 0 Å². The largest absolute Gasteiger partial charge is 0.429 e. The van der Waals surface area contributed by atoms with E-state index in [9.17, 15) is 5.11 Å². The van der Waals surface area contributed by atoms with Gasteiger partial charge in [-0.15, -0.1) is 0 Å². The molecule has 0 fully saturated rings. The van der Waals surface area contributed by atoms with E-state index in [0.717, 1.165) is 21.1 Å². The average molecular weight is 1180 g/mol. The van der Waals surface area contributed by atoms with Gasteiger partial charge in [0, 0.05) is 211 Å². The summed E-state index contributed by atoms with van der Waals surface area (Å²) < 4.78 is 168. The maximum atomic E-state index is 10.8. The van der Waals surface area contributed by atoms with Gasteiger partial charge in [-0.25, -0.2) is 33.2 Å². The summed E-state index contributed by atoms with van der Waals surface area (Å²) in [6, 6.07) is 0. The summed E-state index contributed by atoms with van der Waals surface area (Å²) in [5.41, 5.74) is 0. The SMILES string of the molecule is CO.COC(C)(C)OC(OC(C)(OC)OC)(OC(C)(OC)OC)OC(C)(OC(C)(OC)OC)OC(C)(OC)OC.COC(C)(O)OC(OC(C)(OC)OC)(OC(C)(OC)OC)OC(C)(OC(C)(OC)OC)OC(C)(OC)OC.O. The molecule has 33 nitrogen and oxygen atoms in total. The fraction of sp³-hybridized carbons (Fsp3) is 1.00. The van der Waals surface area contributed by atoms with Crippen LogP contribution in [0.25, 0.3) is 0 Å². The number of ether oxygens (including phenoxy) is 30. The Hall–Kier alpha value is -1.32. The zero-order chi connectivity index (χ0) is 62.2. The first-order valence-corrected chi connectivity index (χ1v) is 23.1. The number of hydrogen-bond acceptors (Lipinski definition) is 32. The van der Waals surface area contributed by atoms with Crippen molar-refractivity contribution in [2.75, 3.05) is 135 Å². The van der Waals surface area contributed by atoms with Gasteiger partial charge in [0.15, 0.2) is 5.79 Å². The van der Waals surface area contributed by atoms with E-state index in [-0.39, 0.29) is 5.48 Å². The lowest BCUT2D eigenvalue weighted by molar-refractivity contribution is -0.684. The summed E-state index contributed by atoms with van der Waals surface area (Å²) in [7, 11) is 24.3. The first kappa shape index (κ1) is 84.1. The quantitative estimate of drug-likeness (QED) is 0.0830. The Morgan fingerprint density at radius 1 is 0.190 bits per heavy atom. The Morgan fingerprint density at radius 2 is 0.342 bits per heavy atom. The Bertz CT molecular complexity index is 1380. The van der Waals surface area contributed by atoms with Crippen LogP contribution >= 0.6 is 0 Å². The summed E-state index contributed by atoms with van der Waals surface area (Å²) in [4.78, 5) is 0. The van der Waals surface area contributed by atoms with Gasteiger partial charge in [0.1, 0.15) is 0 Å². The molecule has 0 rings (SSSR count). The zero-order valence-corrected chi connectivity index (χ0v) is 52.6. The molecule has 1 atom stereocenters. The molecule has 0 amide bonds. The summed E-state index contributed by atoms with van der Waals surface area (Å²) in [6.45, 7) is 17.9. The molecule has 0 heterocycles. The molecule has 0 saturated heterocycles. The molecular weight excluding hydrogens is 1080 g/mol. The van der Waals surface area contributed by atoms with Gasteiger partial charge in [-0.05, 0) is 13.8 Å². The van der Waals surface area contributed by atoms with E-state index in [0.29, 0.717) is 0 Å². The number of hydrogen-bond donors (Lipinski definition) is 2. The smallest absolute Gasteiger partial charge is 0.412 e. The van der Waals surface area contributed by atoms with Crippen molar-refractivity contribution in [3.05, 3.63) is 0 Å². The van der Waals surface area contributed by atoms with Gasteiger partial charge < -0.3 is 101 Å². The van der Waals surface area contributed by atoms with Gasteiger partial charge in [0.25, 0.3) is 65.7 Å². The van der Waals surface area contributed by atoms with E-state index in [1.807, 2.05) is 0 Å². The van der Waals surface area contributed by atoms with Crippen LogP contribution in [0.2, 0.25) is 0 Å². The van der Waals surface area contributed by atoms with Crippen LogP contribution in [0.3, 0.4) is 0 Å². The van der Waals surface area contributed by atoms with Crippen LogP contribution in [-0.2, 0) is 142 Å². The van der Waals surface area contributed by atoms with Crippen LogP contribution in [0.1, 0.15) is 90.0 Å². The summed E-state index contributed by atoms with van der Waals surface area (Å²) in [5.74, 6) is -23.4. The van der Waals surface area contributed by atoms with Gasteiger partial charge >= 0.3 is 12.3 Å². The number of rotatable bonds is 42. The molecule has 0 bridgehead atoms. The molecular formula is C46H100O33. The predicted octanol–water partition coefficient (Wildman–Crippen LogP) is 2.95. The topological polar surface area (TPSA) is 349 Å². The van der Waals surface area contributed by atoms with Gasteiger partial charge in [-0.2, -0.15) is 0 Å². The molecule has 4 N–H and O–H groups in total. The molecule has 0 radical (unpaired) electrons. The van der Waals surface area contributed by atoms with Crippen molar-refractivity contribution in [3.8, 4) is 0 Å². The van der Waals surface area contributed by atoms with E-state index < -0.39 is 83.8 Å². The molecule has 0 aliphatic carbocycles. The van der Waals surface area contributed by atoms with Gasteiger partial charge in [0.2, 0.25) is 0 Å². The van der Waals surface area contributed by atoms with Crippen molar-refractivity contribution >= 4 is 0 Å². The fourth-order valence-corrected chi connectivity index (χ4v) is 5.03. The molecule has 1 unspecified atom stereocenters. The standard InChI is InChI=1S/C23H48O15.C22H46O16.CH4O.H2O/c1-17(2,24-8)33-23(36-20(5,29-13)30-14,37-21(6,31-15)32-16)38-22(7,34-18(3,25-9)26-10)35-19(4,27-11)28-12;1-16(23,24-7)33-22(36-19(4,29-12)30-13,37-20(5,31-14)32-15)38-21(6,34-17(2,25-8)26-9)35-18(3,27-10)28-11;1-2;/h1-16H3;23H,1-15H3;2H,1H3;1H2. The normalized spacial score (nSPS) is 15.0. The average Bonchev–Trinajstić information content (AvgIpc) is 3.40. The van der Waals surface area contributed by atoms with E-state index in [1.165, 1.54) is 190 Å². The molecule has 0 aromatic carbocycles. The lowest BCUT2D eigenvalue weighted by Crippen LogP contribution is -2.64. The van der Waals surface area contributed by atoms with Crippen molar-refractivity contribution in [2.45, 2.75) is 174 Å². The van der Waals surface area contributed by atoms with Gasteiger partial charge in [-0.3, -0.25) is 23.7 Å². The molecule has 0 saturated carbocycles. The molecule has 0 aliphatic rings. The van der Waals surface area contributed by atoms with Crippen molar-refractivity contribution < 1.29 is 158 Å². The lowest BCUT2D eigenvalue weighted by atomic mass is 10.4. The van der Waals surface area contributed by atoms with Gasteiger partial charge in [-0.1, -0.05) is 0 Å². The summed E-state index contributed by atoms with van der Waals surface area (Å²) in [5, 5.41) is 17.8. The van der Waals surface area contributed by atoms with Crippen LogP contribution in [0.5, 0.6) is 0 Å². The van der Waals surface area contributed by atoms with Crippen molar-refractivity contribution in [2.24, 2.45) is 0 Å². The second-order valence-corrected chi connectivity index (χ2v) is 16.8. The molecule has 0 aromatic rings. The molecule has 0 spiro atoms. The second kappa shape index (κ2) is 34.6. The van der Waals surface area contributed by atoms with Gasteiger partial charge in [0.05, 0.1) is 0 Å². The van der Waals surface area contributed by atoms with Crippen LogP contribution in [-0.4, -0.2) is 235 Å². The summed E-state index contributed by atoms with van der Waals surface area (Å²) >= 11 is 0. The van der Waals surface area contributed by atoms with Crippen LogP contribution < -0.4 is 0 Å². The Kier molecular flexibility index (Phi) is 36.8. The summed E-state index contributed by atoms with van der Waals surface area (Å²) in [6.07, 6.45) is -5.69. The van der Waals surface area contributed by atoms with Crippen LogP contribution in [0.15, 0.2) is 0 Å².